The zero-order chi connectivity index (χ0) is 14.5. The molecule has 0 spiro atoms. The molecule has 20 heavy (non-hydrogen) atoms. The Kier molecular flexibility index (Phi) is 4.95. The first kappa shape index (κ1) is 14.8. The molecule has 0 aliphatic rings. The summed E-state index contributed by atoms with van der Waals surface area (Å²) in [7, 11) is 1.66. The van der Waals surface area contributed by atoms with Crippen molar-refractivity contribution >= 4 is 40.2 Å². The fourth-order valence-electron chi connectivity index (χ4n) is 1.95. The minimum atomic E-state index is 0.266. The van der Waals surface area contributed by atoms with Crippen LogP contribution in [0.25, 0.3) is 0 Å². The van der Waals surface area contributed by atoms with Gasteiger partial charge in [0.2, 0.25) is 0 Å². The Hall–Kier alpha value is -1.62. The van der Waals surface area contributed by atoms with Gasteiger partial charge in [-0.25, -0.2) is 0 Å². The van der Waals surface area contributed by atoms with E-state index < -0.39 is 0 Å². The maximum absolute atomic E-state index is 6.16. The fraction of sp³-hybridized carbons (Fsp3) is 0.133. The van der Waals surface area contributed by atoms with E-state index in [-0.39, 0.29) is 4.99 Å². The number of anilines is 2. The first-order chi connectivity index (χ1) is 9.63. The summed E-state index contributed by atoms with van der Waals surface area (Å²) in [4.78, 5) is 0.266. The summed E-state index contributed by atoms with van der Waals surface area (Å²) < 4.78 is 5.19. The van der Waals surface area contributed by atoms with E-state index in [0.717, 1.165) is 16.9 Å². The van der Waals surface area contributed by atoms with Crippen molar-refractivity contribution in [1.82, 2.24) is 0 Å². The predicted molar refractivity (Wildman–Crippen MR) is 87.8 cm³/mol. The molecule has 3 N–H and O–H groups in total. The molecule has 2 aromatic carbocycles. The number of halogens is 1. The molecule has 0 radical (unpaired) electrons. The normalized spacial score (nSPS) is 10.3. The summed E-state index contributed by atoms with van der Waals surface area (Å²) in [6.07, 6.45) is 0. The van der Waals surface area contributed by atoms with Crippen LogP contribution in [-0.4, -0.2) is 12.1 Å². The van der Waals surface area contributed by atoms with Gasteiger partial charge in [-0.05, 0) is 18.2 Å². The first-order valence-electron chi connectivity index (χ1n) is 6.05. The van der Waals surface area contributed by atoms with E-state index in [1.165, 1.54) is 0 Å². The summed E-state index contributed by atoms with van der Waals surface area (Å²) in [6, 6.07) is 13.4. The number of rotatable bonds is 5. The van der Waals surface area contributed by atoms with E-state index in [4.69, 9.17) is 34.3 Å². The van der Waals surface area contributed by atoms with Crippen LogP contribution in [0, 0.1) is 0 Å². The zero-order valence-electron chi connectivity index (χ0n) is 11.0. The lowest BCUT2D eigenvalue weighted by atomic mass is 10.1. The van der Waals surface area contributed by atoms with Crippen LogP contribution in [-0.2, 0) is 11.3 Å². The molecular formula is C15H15ClN2OS. The van der Waals surface area contributed by atoms with Crippen molar-refractivity contribution in [2.45, 2.75) is 6.61 Å². The highest BCUT2D eigenvalue weighted by atomic mass is 35.5. The van der Waals surface area contributed by atoms with Crippen molar-refractivity contribution < 1.29 is 4.74 Å². The van der Waals surface area contributed by atoms with Gasteiger partial charge in [-0.1, -0.05) is 48.1 Å². The Morgan fingerprint density at radius 1 is 1.20 bits per heavy atom. The quantitative estimate of drug-likeness (QED) is 0.823. The molecular weight excluding hydrogens is 292 g/mol. The summed E-state index contributed by atoms with van der Waals surface area (Å²) in [5, 5.41) is 3.85. The van der Waals surface area contributed by atoms with Crippen LogP contribution >= 0.6 is 23.8 Å². The van der Waals surface area contributed by atoms with Gasteiger partial charge >= 0.3 is 0 Å². The van der Waals surface area contributed by atoms with E-state index in [1.54, 1.807) is 13.2 Å². The Labute approximate surface area is 128 Å². The van der Waals surface area contributed by atoms with E-state index in [2.05, 4.69) is 5.32 Å². The third kappa shape index (κ3) is 3.28. The van der Waals surface area contributed by atoms with E-state index in [1.807, 2.05) is 36.4 Å². The maximum atomic E-state index is 6.16. The summed E-state index contributed by atoms with van der Waals surface area (Å²) in [5.74, 6) is 0. The Morgan fingerprint density at radius 2 is 1.90 bits per heavy atom. The van der Waals surface area contributed by atoms with Gasteiger partial charge in [0.1, 0.15) is 4.99 Å². The molecule has 2 rings (SSSR count). The number of thiocarbonyl (C=S) groups is 1. The van der Waals surface area contributed by atoms with E-state index in [0.29, 0.717) is 17.2 Å². The Bertz CT molecular complexity index is 631. The van der Waals surface area contributed by atoms with Gasteiger partial charge in [-0.3, -0.25) is 0 Å². The second kappa shape index (κ2) is 6.70. The van der Waals surface area contributed by atoms with Gasteiger partial charge in [-0.2, -0.15) is 0 Å². The highest BCUT2D eigenvalue weighted by Gasteiger charge is 2.11. The van der Waals surface area contributed by atoms with Crippen molar-refractivity contribution in [3.8, 4) is 0 Å². The molecule has 0 aliphatic carbocycles. The number of hydrogen-bond acceptors (Lipinski definition) is 3. The van der Waals surface area contributed by atoms with Crippen LogP contribution in [0.1, 0.15) is 11.1 Å². The average molecular weight is 307 g/mol. The lowest BCUT2D eigenvalue weighted by Gasteiger charge is -2.15. The van der Waals surface area contributed by atoms with Crippen molar-refractivity contribution in [1.29, 1.82) is 0 Å². The van der Waals surface area contributed by atoms with Gasteiger partial charge in [0, 0.05) is 18.4 Å². The van der Waals surface area contributed by atoms with Crippen LogP contribution < -0.4 is 11.1 Å². The summed E-state index contributed by atoms with van der Waals surface area (Å²) >= 11 is 11.2. The predicted octanol–water partition coefficient (Wildman–Crippen LogP) is 3.86. The monoisotopic (exact) mass is 306 g/mol. The topological polar surface area (TPSA) is 47.3 Å². The number of methoxy groups -OCH3 is 1. The molecule has 3 nitrogen and oxygen atoms in total. The largest absolute Gasteiger partial charge is 0.389 e. The highest BCUT2D eigenvalue weighted by Crippen LogP contribution is 2.28. The zero-order valence-corrected chi connectivity index (χ0v) is 12.6. The maximum Gasteiger partial charge on any atom is 0.107 e. The van der Waals surface area contributed by atoms with Gasteiger partial charge in [0.15, 0.2) is 0 Å². The first-order valence-corrected chi connectivity index (χ1v) is 6.84. The van der Waals surface area contributed by atoms with Crippen LogP contribution in [0.3, 0.4) is 0 Å². The molecule has 0 bridgehead atoms. The van der Waals surface area contributed by atoms with Crippen LogP contribution in [0.5, 0.6) is 0 Å². The molecule has 0 amide bonds. The second-order valence-electron chi connectivity index (χ2n) is 4.24. The number of para-hydroxylation sites is 1. The lowest BCUT2D eigenvalue weighted by molar-refractivity contribution is 0.185. The molecule has 5 heteroatoms. The highest BCUT2D eigenvalue weighted by molar-refractivity contribution is 7.80. The fourth-order valence-corrected chi connectivity index (χ4v) is 2.50. The van der Waals surface area contributed by atoms with Gasteiger partial charge in [0.25, 0.3) is 0 Å². The minimum absolute atomic E-state index is 0.266. The van der Waals surface area contributed by atoms with E-state index >= 15 is 0 Å². The molecule has 0 unspecified atom stereocenters. The van der Waals surface area contributed by atoms with Crippen LogP contribution in [0.4, 0.5) is 11.4 Å². The number of hydrogen-bond donors (Lipinski definition) is 2. The second-order valence-corrected chi connectivity index (χ2v) is 5.09. The summed E-state index contributed by atoms with van der Waals surface area (Å²) in [5.41, 5.74) is 9.17. The standard InChI is InChI=1S/C15H15ClN2OS/c1-19-9-10-5-2-3-7-12(10)18-13-8-4-6-11(16)14(13)15(17)20/h2-8,18H,9H2,1H3,(H2,17,20). The van der Waals surface area contributed by atoms with Crippen LogP contribution in [0.15, 0.2) is 42.5 Å². The average Bonchev–Trinajstić information content (AvgIpc) is 2.41. The molecule has 104 valence electrons. The minimum Gasteiger partial charge on any atom is -0.389 e. The Balaban J connectivity index is 2.40. The molecule has 0 fully saturated rings. The SMILES string of the molecule is COCc1ccccc1Nc1cccc(Cl)c1C(N)=S. The van der Waals surface area contributed by atoms with E-state index in [9.17, 15) is 0 Å². The van der Waals surface area contributed by atoms with Crippen molar-refractivity contribution in [3.63, 3.8) is 0 Å². The molecule has 0 aromatic heterocycles. The molecule has 2 aromatic rings. The molecule has 0 atom stereocenters. The Morgan fingerprint density at radius 3 is 2.60 bits per heavy atom. The van der Waals surface area contributed by atoms with Crippen molar-refractivity contribution in [2.75, 3.05) is 12.4 Å². The van der Waals surface area contributed by atoms with Crippen LogP contribution in [0.2, 0.25) is 5.02 Å². The molecule has 0 heterocycles. The van der Waals surface area contributed by atoms with Crippen molar-refractivity contribution in [2.24, 2.45) is 5.73 Å². The number of ether oxygens (including phenoxy) is 1. The van der Waals surface area contributed by atoms with Gasteiger partial charge in [0.05, 0.1) is 22.9 Å². The molecule has 0 saturated heterocycles. The third-order valence-corrected chi connectivity index (χ3v) is 3.37. The molecule has 0 aliphatic heterocycles. The molecule has 0 saturated carbocycles. The van der Waals surface area contributed by atoms with Gasteiger partial charge in [-0.15, -0.1) is 0 Å². The number of nitrogens with two attached hydrogens (primary N) is 1. The summed E-state index contributed by atoms with van der Waals surface area (Å²) in [6.45, 7) is 0.520. The third-order valence-electron chi connectivity index (χ3n) is 2.85. The van der Waals surface area contributed by atoms with Gasteiger partial charge < -0.3 is 15.8 Å². The number of benzene rings is 2. The smallest absolute Gasteiger partial charge is 0.107 e. The number of nitrogens with one attached hydrogen (secondary N) is 1. The van der Waals surface area contributed by atoms with Crippen molar-refractivity contribution in [3.05, 3.63) is 58.6 Å². The lowest BCUT2D eigenvalue weighted by Crippen LogP contribution is -2.13.